The molecule has 0 nitrogen and oxygen atoms in total. The Morgan fingerprint density at radius 1 is 0.552 bits per heavy atom. The van der Waals surface area contributed by atoms with Crippen molar-refractivity contribution in [1.82, 2.24) is 0 Å². The molecule has 0 bridgehead atoms. The Balaban J connectivity index is 2.91. The fraction of sp³-hybridized carbons (Fsp3) is 0.692. The van der Waals surface area contributed by atoms with E-state index < -0.39 is 16.1 Å². The average Bonchev–Trinajstić information content (AvgIpc) is 3.18. The van der Waals surface area contributed by atoms with Crippen LogP contribution in [0.5, 0.6) is 0 Å². The van der Waals surface area contributed by atoms with Gasteiger partial charge in [0.2, 0.25) is 0 Å². The minimum absolute atomic E-state index is 0.163. The zero-order valence-corrected chi connectivity index (χ0v) is 25.0. The van der Waals surface area contributed by atoms with E-state index in [-0.39, 0.29) is 24.2 Å². The van der Waals surface area contributed by atoms with Crippen molar-refractivity contribution in [3.63, 3.8) is 0 Å². The second-order valence-corrected chi connectivity index (χ2v) is 27.1. The van der Waals surface area contributed by atoms with Gasteiger partial charge in [0.05, 0.1) is 16.1 Å². The summed E-state index contributed by atoms with van der Waals surface area (Å²) in [4.78, 5) is 3.87. The molecule has 0 saturated carbocycles. The van der Waals surface area contributed by atoms with Crippen molar-refractivity contribution in [2.45, 2.75) is 118 Å². The number of rotatable bonds is 3. The Morgan fingerprint density at radius 2 is 0.862 bits per heavy atom. The molecule has 0 aromatic heterocycles. The lowest BCUT2D eigenvalue weighted by molar-refractivity contribution is 0.553. The highest BCUT2D eigenvalue weighted by Gasteiger charge is 2.52. The van der Waals surface area contributed by atoms with Gasteiger partial charge in [-0.1, -0.05) is 124 Å². The minimum Gasteiger partial charge on any atom is -0.0656 e. The van der Waals surface area contributed by atoms with Crippen molar-refractivity contribution in [2.75, 3.05) is 0 Å². The minimum atomic E-state index is -1.31. The molecular formula is C26H47PSi2. The van der Waals surface area contributed by atoms with Gasteiger partial charge >= 0.3 is 0 Å². The largest absolute Gasteiger partial charge is 0.0789 e. The quantitative estimate of drug-likeness (QED) is 0.322. The summed E-state index contributed by atoms with van der Waals surface area (Å²) in [5, 5.41) is 1.74. The van der Waals surface area contributed by atoms with Gasteiger partial charge in [-0.3, -0.25) is 0 Å². The molecular weight excluding hydrogens is 399 g/mol. The molecule has 0 spiro atoms. The van der Waals surface area contributed by atoms with Gasteiger partial charge in [0.25, 0.3) is 0 Å². The van der Waals surface area contributed by atoms with Crippen LogP contribution in [0.25, 0.3) is 0 Å². The van der Waals surface area contributed by atoms with Gasteiger partial charge < -0.3 is 0 Å². The Morgan fingerprint density at radius 3 is 1.07 bits per heavy atom. The fourth-order valence-corrected chi connectivity index (χ4v) is 19.5. The topological polar surface area (TPSA) is 0 Å². The van der Waals surface area contributed by atoms with Crippen LogP contribution in [0.4, 0.5) is 0 Å². The standard InChI is InChI=1S/C26H47PSi2/c1-24(2,3)18-16-19(25(4,5)6)21(20(17-18)26(7,8)9)27-22(28(10,11)12)23(27)29(13,14)15/h16-17H,1-15H3. The van der Waals surface area contributed by atoms with E-state index in [0.29, 0.717) is 0 Å². The van der Waals surface area contributed by atoms with Gasteiger partial charge in [0, 0.05) is 0 Å². The van der Waals surface area contributed by atoms with Crippen LogP contribution in [0.15, 0.2) is 22.0 Å². The summed E-state index contributed by atoms with van der Waals surface area (Å²) in [5.41, 5.74) is 5.23. The van der Waals surface area contributed by atoms with E-state index in [1.165, 1.54) is 5.56 Å². The molecule has 0 unspecified atom stereocenters. The Bertz CT molecular complexity index is 767. The molecule has 29 heavy (non-hydrogen) atoms. The first-order chi connectivity index (χ1) is 12.6. The van der Waals surface area contributed by atoms with Crippen molar-refractivity contribution in [3.05, 3.63) is 38.7 Å². The number of hydrogen-bond donors (Lipinski definition) is 0. The maximum Gasteiger partial charge on any atom is 0.0789 e. The van der Waals surface area contributed by atoms with Crippen molar-refractivity contribution >= 4 is 29.4 Å². The molecule has 1 aromatic carbocycles. The van der Waals surface area contributed by atoms with Gasteiger partial charge in [-0.05, 0) is 46.2 Å². The molecule has 0 radical (unpaired) electrons. The SMILES string of the molecule is CC(C)(C)c1cc(C(C)(C)C)c(P2C([Si](C)(C)C)=C2[Si](C)(C)C)c(C(C)(C)C)c1. The van der Waals surface area contributed by atoms with E-state index in [1.807, 2.05) is 9.87 Å². The van der Waals surface area contributed by atoms with Crippen LogP contribution in [-0.2, 0) is 16.2 Å². The summed E-state index contributed by atoms with van der Waals surface area (Å²) < 4.78 is 0. The van der Waals surface area contributed by atoms with E-state index >= 15 is 0 Å². The predicted octanol–water partition coefficient (Wildman–Crippen LogP) is 8.67. The predicted molar refractivity (Wildman–Crippen MR) is 143 cm³/mol. The van der Waals surface area contributed by atoms with Crippen molar-refractivity contribution in [2.24, 2.45) is 0 Å². The maximum atomic E-state index is 2.58. The summed E-state index contributed by atoms with van der Waals surface area (Å²) >= 11 is 0. The van der Waals surface area contributed by atoms with Crippen LogP contribution in [0.1, 0.15) is 79.0 Å². The van der Waals surface area contributed by atoms with Gasteiger partial charge in [-0.2, -0.15) is 0 Å². The third-order valence-electron chi connectivity index (χ3n) is 5.86. The number of hydrogen-bond acceptors (Lipinski definition) is 0. The summed E-state index contributed by atoms with van der Waals surface area (Å²) in [6.07, 6.45) is 0. The van der Waals surface area contributed by atoms with E-state index in [0.717, 1.165) is 0 Å². The molecule has 1 heterocycles. The van der Waals surface area contributed by atoms with E-state index in [4.69, 9.17) is 0 Å². The normalized spacial score (nSPS) is 17.2. The molecule has 2 rings (SSSR count). The second kappa shape index (κ2) is 7.17. The van der Waals surface area contributed by atoms with Crippen molar-refractivity contribution < 1.29 is 0 Å². The third-order valence-corrected chi connectivity index (χ3v) is 17.3. The van der Waals surface area contributed by atoms with Crippen LogP contribution >= 0.6 is 7.92 Å². The first-order valence-corrected chi connectivity index (χ1v) is 19.7. The molecule has 0 fully saturated rings. The lowest BCUT2D eigenvalue weighted by Gasteiger charge is -2.35. The molecule has 164 valence electrons. The highest BCUT2D eigenvalue weighted by molar-refractivity contribution is 7.87. The maximum absolute atomic E-state index is 2.58. The van der Waals surface area contributed by atoms with Gasteiger partial charge in [0.15, 0.2) is 0 Å². The van der Waals surface area contributed by atoms with Gasteiger partial charge in [-0.25, -0.2) is 0 Å². The molecule has 0 amide bonds. The molecule has 3 heteroatoms. The molecule has 1 aromatic rings. The average molecular weight is 447 g/mol. The van der Waals surface area contributed by atoms with Crippen LogP contribution in [-0.4, -0.2) is 16.1 Å². The van der Waals surface area contributed by atoms with E-state index in [2.05, 4.69) is 114 Å². The lowest BCUT2D eigenvalue weighted by Crippen LogP contribution is -2.32. The summed E-state index contributed by atoms with van der Waals surface area (Å²) in [5.74, 6) is 0. The number of benzene rings is 1. The second-order valence-electron chi connectivity index (χ2n) is 14.2. The highest BCUT2D eigenvalue weighted by Crippen LogP contribution is 2.75. The van der Waals surface area contributed by atoms with Gasteiger partial charge in [0.1, 0.15) is 0 Å². The lowest BCUT2D eigenvalue weighted by atomic mass is 9.75. The van der Waals surface area contributed by atoms with E-state index in [9.17, 15) is 0 Å². The molecule has 1 aliphatic rings. The van der Waals surface area contributed by atoms with Crippen molar-refractivity contribution in [3.8, 4) is 0 Å². The molecule has 1 aliphatic heterocycles. The summed E-state index contributed by atoms with van der Waals surface area (Å²) in [6.45, 7) is 37.1. The molecule has 0 atom stereocenters. The summed E-state index contributed by atoms with van der Waals surface area (Å²) in [6, 6.07) is 5.16. The highest BCUT2D eigenvalue weighted by atomic mass is 31.1. The first kappa shape index (κ1) is 25.1. The first-order valence-electron chi connectivity index (χ1n) is 11.3. The monoisotopic (exact) mass is 446 g/mol. The molecule has 0 saturated heterocycles. The Kier molecular flexibility index (Phi) is 6.21. The molecule has 0 aliphatic carbocycles. The van der Waals surface area contributed by atoms with Crippen LogP contribution in [0, 0.1) is 0 Å². The Hall–Kier alpha value is -0.176. The van der Waals surface area contributed by atoms with Crippen molar-refractivity contribution in [1.29, 1.82) is 0 Å². The third kappa shape index (κ3) is 5.18. The zero-order chi connectivity index (χ0) is 23.0. The zero-order valence-electron chi connectivity index (χ0n) is 22.1. The van der Waals surface area contributed by atoms with Crippen LogP contribution in [0.2, 0.25) is 39.3 Å². The molecule has 0 N–H and O–H groups in total. The fourth-order valence-electron chi connectivity index (χ4n) is 4.22. The smallest absolute Gasteiger partial charge is 0.0656 e. The summed E-state index contributed by atoms with van der Waals surface area (Å²) in [7, 11) is -2.84. The van der Waals surface area contributed by atoms with Gasteiger partial charge in [-0.15, -0.1) is 0 Å². The van der Waals surface area contributed by atoms with Crippen LogP contribution in [0.3, 0.4) is 0 Å². The Labute approximate surface area is 185 Å². The van der Waals surface area contributed by atoms with Crippen LogP contribution < -0.4 is 5.30 Å². The van der Waals surface area contributed by atoms with E-state index in [1.54, 1.807) is 16.4 Å².